The molecule has 0 spiro atoms. The van der Waals surface area contributed by atoms with Gasteiger partial charge in [-0.25, -0.2) is 0 Å². The number of fused-ring (bicyclic) bond motifs is 3. The number of nitrogens with zero attached hydrogens (tertiary/aromatic N) is 2. The Morgan fingerprint density at radius 1 is 1.38 bits per heavy atom. The average molecular weight is 331 g/mol. The summed E-state index contributed by atoms with van der Waals surface area (Å²) in [5, 5.41) is 17.4. The molecule has 130 valence electrons. The Kier molecular flexibility index (Phi) is 3.48. The van der Waals surface area contributed by atoms with Crippen molar-refractivity contribution in [1.29, 1.82) is 0 Å². The lowest BCUT2D eigenvalue weighted by atomic mass is 9.79. The number of amides is 1. The van der Waals surface area contributed by atoms with Crippen molar-refractivity contribution in [3.05, 3.63) is 17.0 Å². The third-order valence-electron chi connectivity index (χ3n) is 6.48. The molecule has 4 unspecified atom stereocenters. The van der Waals surface area contributed by atoms with Crippen molar-refractivity contribution in [2.24, 2.45) is 11.3 Å². The van der Waals surface area contributed by atoms with E-state index in [0.717, 1.165) is 43.5 Å². The fourth-order valence-electron chi connectivity index (χ4n) is 5.21. The Morgan fingerprint density at radius 2 is 2.17 bits per heavy atom. The average Bonchev–Trinajstić information content (AvgIpc) is 3.18. The summed E-state index contributed by atoms with van der Waals surface area (Å²) >= 11 is 0. The molecule has 1 aliphatic heterocycles. The third kappa shape index (κ3) is 2.11. The van der Waals surface area contributed by atoms with E-state index in [1.54, 1.807) is 0 Å². The normalized spacial score (nSPS) is 34.2. The molecule has 24 heavy (non-hydrogen) atoms. The van der Waals surface area contributed by atoms with Crippen molar-refractivity contribution in [1.82, 2.24) is 15.1 Å². The van der Waals surface area contributed by atoms with Gasteiger partial charge in [0.05, 0.1) is 22.4 Å². The molecule has 2 heterocycles. The van der Waals surface area contributed by atoms with Crippen LogP contribution in [0.2, 0.25) is 0 Å². The van der Waals surface area contributed by atoms with Crippen molar-refractivity contribution in [3.8, 4) is 0 Å². The zero-order valence-corrected chi connectivity index (χ0v) is 14.3. The van der Waals surface area contributed by atoms with Gasteiger partial charge in [-0.15, -0.1) is 0 Å². The summed E-state index contributed by atoms with van der Waals surface area (Å²) in [6, 6.07) is 0.0686. The number of aromatic nitrogens is 2. The van der Waals surface area contributed by atoms with E-state index in [1.165, 1.54) is 0 Å². The summed E-state index contributed by atoms with van der Waals surface area (Å²) in [5.41, 5.74) is 1.68. The van der Waals surface area contributed by atoms with Crippen molar-refractivity contribution in [2.75, 3.05) is 0 Å². The maximum Gasteiger partial charge on any atom is 0.311 e. The first-order valence-corrected chi connectivity index (χ1v) is 9.04. The monoisotopic (exact) mass is 331 g/mol. The van der Waals surface area contributed by atoms with Crippen LogP contribution in [0.15, 0.2) is 0 Å². The summed E-state index contributed by atoms with van der Waals surface area (Å²) < 4.78 is 1.99. The van der Waals surface area contributed by atoms with E-state index < -0.39 is 11.4 Å². The smallest absolute Gasteiger partial charge is 0.311 e. The highest BCUT2D eigenvalue weighted by Crippen LogP contribution is 2.54. The summed E-state index contributed by atoms with van der Waals surface area (Å²) in [5.74, 6) is -0.454. The van der Waals surface area contributed by atoms with Gasteiger partial charge in [0.2, 0.25) is 0 Å². The number of aryl methyl sites for hydroxylation is 1. The zero-order valence-electron chi connectivity index (χ0n) is 14.3. The van der Waals surface area contributed by atoms with E-state index in [4.69, 9.17) is 0 Å². The van der Waals surface area contributed by atoms with Crippen LogP contribution in [0.4, 0.5) is 0 Å². The number of aliphatic carboxylic acids is 1. The Hall–Kier alpha value is -1.85. The SMILES string of the molecule is Cc1nn2c(c1C(=O)NC1CC3CCC1(C(=O)O)C3)CCCC2C. The number of carboxylic acid groups (broad SMARTS) is 1. The molecule has 4 atom stereocenters. The van der Waals surface area contributed by atoms with Gasteiger partial charge in [-0.2, -0.15) is 5.10 Å². The van der Waals surface area contributed by atoms with Gasteiger partial charge in [0.15, 0.2) is 0 Å². The molecule has 0 aromatic carbocycles. The van der Waals surface area contributed by atoms with E-state index in [9.17, 15) is 14.7 Å². The summed E-state index contributed by atoms with van der Waals surface area (Å²) in [6.45, 7) is 4.01. The van der Waals surface area contributed by atoms with Crippen molar-refractivity contribution >= 4 is 11.9 Å². The Morgan fingerprint density at radius 3 is 2.88 bits per heavy atom. The minimum absolute atomic E-state index is 0.138. The molecule has 2 saturated carbocycles. The zero-order chi connectivity index (χ0) is 17.1. The maximum atomic E-state index is 12.9. The Balaban J connectivity index is 1.61. The van der Waals surface area contributed by atoms with Crippen LogP contribution in [0.5, 0.6) is 0 Å². The summed E-state index contributed by atoms with van der Waals surface area (Å²) in [4.78, 5) is 24.8. The molecular formula is C18H25N3O3. The van der Waals surface area contributed by atoms with Crippen LogP contribution in [0.1, 0.15) is 73.2 Å². The highest BCUT2D eigenvalue weighted by molar-refractivity contribution is 5.97. The lowest BCUT2D eigenvalue weighted by Gasteiger charge is -2.32. The van der Waals surface area contributed by atoms with Gasteiger partial charge in [-0.1, -0.05) is 0 Å². The fraction of sp³-hybridized carbons (Fsp3) is 0.722. The van der Waals surface area contributed by atoms with Crippen molar-refractivity contribution in [2.45, 2.75) is 70.9 Å². The Labute approximate surface area is 141 Å². The maximum absolute atomic E-state index is 12.9. The lowest BCUT2D eigenvalue weighted by Crippen LogP contribution is -2.49. The van der Waals surface area contributed by atoms with Crippen LogP contribution in [0.25, 0.3) is 0 Å². The minimum Gasteiger partial charge on any atom is -0.481 e. The van der Waals surface area contributed by atoms with Crippen LogP contribution in [-0.4, -0.2) is 32.8 Å². The van der Waals surface area contributed by atoms with Gasteiger partial charge < -0.3 is 10.4 Å². The van der Waals surface area contributed by atoms with Gasteiger partial charge in [0, 0.05) is 12.1 Å². The minimum atomic E-state index is -0.755. The van der Waals surface area contributed by atoms with Gasteiger partial charge in [-0.05, 0) is 64.7 Å². The Bertz CT molecular complexity index is 711. The van der Waals surface area contributed by atoms with E-state index in [2.05, 4.69) is 17.3 Å². The molecule has 2 N–H and O–H groups in total. The van der Waals surface area contributed by atoms with Crippen LogP contribution < -0.4 is 5.32 Å². The molecule has 6 nitrogen and oxygen atoms in total. The highest BCUT2D eigenvalue weighted by Gasteiger charge is 2.57. The molecule has 3 aliphatic rings. The van der Waals surface area contributed by atoms with E-state index >= 15 is 0 Å². The molecule has 0 saturated heterocycles. The first-order valence-electron chi connectivity index (χ1n) is 9.04. The first kappa shape index (κ1) is 15.7. The lowest BCUT2D eigenvalue weighted by molar-refractivity contribution is -0.149. The number of rotatable bonds is 3. The predicted octanol–water partition coefficient (Wildman–Crippen LogP) is 2.46. The second-order valence-corrected chi connectivity index (χ2v) is 7.92. The molecule has 1 amide bonds. The number of carbonyl (C=O) groups excluding carboxylic acids is 1. The molecule has 0 radical (unpaired) electrons. The van der Waals surface area contributed by atoms with Gasteiger partial charge in [0.1, 0.15) is 0 Å². The van der Waals surface area contributed by atoms with E-state index in [-0.39, 0.29) is 11.9 Å². The quantitative estimate of drug-likeness (QED) is 0.891. The predicted molar refractivity (Wildman–Crippen MR) is 87.9 cm³/mol. The molecule has 6 heteroatoms. The third-order valence-corrected chi connectivity index (χ3v) is 6.48. The van der Waals surface area contributed by atoms with E-state index in [0.29, 0.717) is 30.4 Å². The van der Waals surface area contributed by atoms with Gasteiger partial charge in [0.25, 0.3) is 5.91 Å². The molecule has 1 aromatic heterocycles. The van der Waals surface area contributed by atoms with Crippen molar-refractivity contribution < 1.29 is 14.7 Å². The number of carbonyl (C=O) groups is 2. The topological polar surface area (TPSA) is 84.2 Å². The fourth-order valence-corrected chi connectivity index (χ4v) is 5.21. The first-order chi connectivity index (χ1) is 11.4. The number of hydrogen-bond donors (Lipinski definition) is 2. The molecule has 2 fully saturated rings. The number of carboxylic acids is 1. The molecule has 4 rings (SSSR count). The molecule has 2 aliphatic carbocycles. The van der Waals surface area contributed by atoms with Gasteiger partial charge in [-0.3, -0.25) is 14.3 Å². The molecular weight excluding hydrogens is 306 g/mol. The van der Waals surface area contributed by atoms with Crippen LogP contribution >= 0.6 is 0 Å². The van der Waals surface area contributed by atoms with Crippen LogP contribution in [-0.2, 0) is 11.2 Å². The van der Waals surface area contributed by atoms with Crippen LogP contribution in [0, 0.1) is 18.3 Å². The molecule has 1 aromatic rings. The van der Waals surface area contributed by atoms with Crippen molar-refractivity contribution in [3.63, 3.8) is 0 Å². The van der Waals surface area contributed by atoms with Gasteiger partial charge >= 0.3 is 5.97 Å². The second kappa shape index (κ2) is 5.33. The van der Waals surface area contributed by atoms with E-state index in [1.807, 2.05) is 11.6 Å². The highest BCUT2D eigenvalue weighted by atomic mass is 16.4. The standard InChI is InChI=1S/C18H25N3O3/c1-10-4-3-5-13-15(11(2)20-21(10)13)16(22)19-14-8-12-6-7-18(14,9-12)17(23)24/h10,12,14H,3-9H2,1-2H3,(H,19,22)(H,23,24). The second-order valence-electron chi connectivity index (χ2n) is 7.92. The number of nitrogens with one attached hydrogen (secondary N) is 1. The summed E-state index contributed by atoms with van der Waals surface area (Å²) in [7, 11) is 0. The van der Waals surface area contributed by atoms with Crippen LogP contribution in [0.3, 0.4) is 0 Å². The molecule has 2 bridgehead atoms. The number of hydrogen-bond acceptors (Lipinski definition) is 3. The largest absolute Gasteiger partial charge is 0.481 e. The summed E-state index contributed by atoms with van der Waals surface area (Å²) in [6.07, 6.45) is 6.16.